The molecule has 2 nitrogen and oxygen atoms in total. The highest BCUT2D eigenvalue weighted by Crippen LogP contribution is 2.43. The van der Waals surface area contributed by atoms with Gasteiger partial charge >= 0.3 is 0 Å². The van der Waals surface area contributed by atoms with Crippen molar-refractivity contribution in [3.05, 3.63) is 34.9 Å². The first-order chi connectivity index (χ1) is 9.67. The molecule has 1 saturated carbocycles. The molecule has 1 aromatic rings. The summed E-state index contributed by atoms with van der Waals surface area (Å²) in [6, 6.07) is 7.81. The lowest BCUT2D eigenvalue weighted by Crippen LogP contribution is -2.41. The van der Waals surface area contributed by atoms with Crippen LogP contribution in [0.3, 0.4) is 0 Å². The number of halogens is 1. The van der Waals surface area contributed by atoms with Crippen LogP contribution in [0.1, 0.15) is 44.1 Å². The Bertz CT molecular complexity index is 437. The number of aliphatic hydroxyl groups excluding tert-OH is 1. The summed E-state index contributed by atoms with van der Waals surface area (Å²) >= 11 is 5.90. The van der Waals surface area contributed by atoms with Crippen molar-refractivity contribution in [3.63, 3.8) is 0 Å². The van der Waals surface area contributed by atoms with Crippen molar-refractivity contribution in [2.75, 3.05) is 6.61 Å². The smallest absolute Gasteiger partial charge is 0.0686 e. The highest BCUT2D eigenvalue weighted by Gasteiger charge is 2.41. The monoisotopic (exact) mass is 294 g/mol. The molecule has 0 aromatic heterocycles. The molecule has 3 heteroatoms. The molecule has 1 N–H and O–H groups in total. The molecule has 1 saturated heterocycles. The standard InChI is InChI=1S/C17H23ClO2/c18-15-5-3-13(4-6-15)11-16(19)14-7-10-20-17(12-14)8-1-2-9-17/h3-6,14,16,19H,1-2,7-12H2. The van der Waals surface area contributed by atoms with Crippen molar-refractivity contribution in [2.24, 2.45) is 5.92 Å². The molecule has 1 aromatic carbocycles. The first-order valence-corrected chi connectivity index (χ1v) is 8.11. The number of aliphatic hydroxyl groups is 1. The maximum Gasteiger partial charge on any atom is 0.0686 e. The van der Waals surface area contributed by atoms with E-state index in [-0.39, 0.29) is 11.7 Å². The molecule has 2 unspecified atom stereocenters. The van der Waals surface area contributed by atoms with Crippen LogP contribution in [0.5, 0.6) is 0 Å². The summed E-state index contributed by atoms with van der Waals surface area (Å²) < 4.78 is 6.04. The number of hydrogen-bond donors (Lipinski definition) is 1. The van der Waals surface area contributed by atoms with Crippen LogP contribution in [0.25, 0.3) is 0 Å². The fourth-order valence-electron chi connectivity index (χ4n) is 3.79. The predicted octanol–water partition coefficient (Wildman–Crippen LogP) is 3.98. The van der Waals surface area contributed by atoms with Crippen molar-refractivity contribution < 1.29 is 9.84 Å². The largest absolute Gasteiger partial charge is 0.392 e. The molecule has 1 aliphatic carbocycles. The third-order valence-corrected chi connectivity index (χ3v) is 5.20. The van der Waals surface area contributed by atoms with Crippen molar-refractivity contribution in [1.29, 1.82) is 0 Å². The van der Waals surface area contributed by atoms with Crippen LogP contribution in [-0.4, -0.2) is 23.4 Å². The highest BCUT2D eigenvalue weighted by atomic mass is 35.5. The fraction of sp³-hybridized carbons (Fsp3) is 0.647. The Morgan fingerprint density at radius 2 is 1.95 bits per heavy atom. The number of ether oxygens (including phenoxy) is 1. The average molecular weight is 295 g/mol. The Morgan fingerprint density at radius 1 is 1.25 bits per heavy atom. The molecular formula is C17H23ClO2. The summed E-state index contributed by atoms with van der Waals surface area (Å²) in [5.41, 5.74) is 1.25. The van der Waals surface area contributed by atoms with Crippen molar-refractivity contribution >= 4 is 11.6 Å². The van der Waals surface area contributed by atoms with Crippen molar-refractivity contribution in [3.8, 4) is 0 Å². The Morgan fingerprint density at radius 3 is 2.65 bits per heavy atom. The van der Waals surface area contributed by atoms with Gasteiger partial charge in [0.2, 0.25) is 0 Å². The molecular weight excluding hydrogens is 272 g/mol. The number of hydrogen-bond acceptors (Lipinski definition) is 2. The van der Waals surface area contributed by atoms with E-state index in [1.165, 1.54) is 25.7 Å². The minimum absolute atomic E-state index is 0.0872. The van der Waals surface area contributed by atoms with Crippen LogP contribution in [0.2, 0.25) is 5.02 Å². The van der Waals surface area contributed by atoms with Crippen LogP contribution in [-0.2, 0) is 11.2 Å². The number of benzene rings is 1. The lowest BCUT2D eigenvalue weighted by Gasteiger charge is -2.40. The van der Waals surface area contributed by atoms with E-state index in [2.05, 4.69) is 0 Å². The van der Waals surface area contributed by atoms with E-state index >= 15 is 0 Å². The van der Waals surface area contributed by atoms with Gasteiger partial charge in [0.25, 0.3) is 0 Å². The first kappa shape index (κ1) is 14.4. The molecule has 1 heterocycles. The SMILES string of the molecule is OC(Cc1ccc(Cl)cc1)C1CCOC2(CCCC2)C1. The molecule has 2 aliphatic rings. The highest BCUT2D eigenvalue weighted by molar-refractivity contribution is 6.30. The normalized spacial score (nSPS) is 26.8. The molecule has 110 valence electrons. The minimum atomic E-state index is -0.266. The molecule has 20 heavy (non-hydrogen) atoms. The summed E-state index contributed by atoms with van der Waals surface area (Å²) in [5, 5.41) is 11.3. The van der Waals surface area contributed by atoms with Gasteiger partial charge < -0.3 is 9.84 Å². The van der Waals surface area contributed by atoms with Crippen LogP contribution in [0.15, 0.2) is 24.3 Å². The Labute approximate surface area is 126 Å². The summed E-state index contributed by atoms with van der Waals surface area (Å²) in [6.45, 7) is 0.808. The fourth-order valence-corrected chi connectivity index (χ4v) is 3.92. The zero-order valence-electron chi connectivity index (χ0n) is 11.9. The summed E-state index contributed by atoms with van der Waals surface area (Å²) in [4.78, 5) is 0. The second-order valence-corrected chi connectivity index (χ2v) is 6.83. The molecule has 1 aliphatic heterocycles. The number of rotatable bonds is 3. The third kappa shape index (κ3) is 3.19. The van der Waals surface area contributed by atoms with Gasteiger partial charge in [-0.2, -0.15) is 0 Å². The van der Waals surface area contributed by atoms with Crippen LogP contribution in [0.4, 0.5) is 0 Å². The van der Waals surface area contributed by atoms with Gasteiger partial charge in [0, 0.05) is 11.6 Å². The molecule has 0 amide bonds. The van der Waals surface area contributed by atoms with Crippen LogP contribution >= 0.6 is 11.6 Å². The van der Waals surface area contributed by atoms with Gasteiger partial charge in [-0.05, 0) is 55.7 Å². The van der Waals surface area contributed by atoms with Crippen molar-refractivity contribution in [1.82, 2.24) is 0 Å². The van der Waals surface area contributed by atoms with Gasteiger partial charge in [0.15, 0.2) is 0 Å². The third-order valence-electron chi connectivity index (χ3n) is 4.95. The zero-order valence-corrected chi connectivity index (χ0v) is 12.6. The topological polar surface area (TPSA) is 29.5 Å². The first-order valence-electron chi connectivity index (χ1n) is 7.73. The van der Waals surface area contributed by atoms with E-state index in [4.69, 9.17) is 16.3 Å². The Hall–Kier alpha value is -0.570. The maximum atomic E-state index is 10.6. The zero-order chi connectivity index (χ0) is 14.0. The van der Waals surface area contributed by atoms with Gasteiger partial charge in [-0.25, -0.2) is 0 Å². The Kier molecular flexibility index (Phi) is 4.34. The molecule has 3 rings (SSSR count). The second kappa shape index (κ2) is 6.05. The summed E-state index contributed by atoms with van der Waals surface area (Å²) in [5.74, 6) is 0.373. The van der Waals surface area contributed by atoms with Gasteiger partial charge in [0.05, 0.1) is 11.7 Å². The minimum Gasteiger partial charge on any atom is -0.392 e. The van der Waals surface area contributed by atoms with Gasteiger partial charge in [-0.15, -0.1) is 0 Å². The Balaban J connectivity index is 1.61. The van der Waals surface area contributed by atoms with E-state index < -0.39 is 0 Å². The molecule has 2 fully saturated rings. The van der Waals surface area contributed by atoms with Crippen LogP contribution in [0, 0.1) is 5.92 Å². The van der Waals surface area contributed by atoms with E-state index in [0.717, 1.165) is 36.5 Å². The van der Waals surface area contributed by atoms with E-state index in [0.29, 0.717) is 5.92 Å². The lowest BCUT2D eigenvalue weighted by atomic mass is 9.80. The predicted molar refractivity (Wildman–Crippen MR) is 81.0 cm³/mol. The molecule has 0 radical (unpaired) electrons. The summed E-state index contributed by atoms with van der Waals surface area (Å²) in [7, 11) is 0. The lowest BCUT2D eigenvalue weighted by molar-refractivity contribution is -0.112. The van der Waals surface area contributed by atoms with E-state index in [1.807, 2.05) is 24.3 Å². The van der Waals surface area contributed by atoms with E-state index in [9.17, 15) is 5.11 Å². The average Bonchev–Trinajstić information content (AvgIpc) is 2.89. The van der Waals surface area contributed by atoms with E-state index in [1.54, 1.807) is 0 Å². The molecule has 2 atom stereocenters. The van der Waals surface area contributed by atoms with Crippen molar-refractivity contribution in [2.45, 2.75) is 56.7 Å². The van der Waals surface area contributed by atoms with Crippen LogP contribution < -0.4 is 0 Å². The second-order valence-electron chi connectivity index (χ2n) is 6.39. The van der Waals surface area contributed by atoms with Gasteiger partial charge in [-0.3, -0.25) is 0 Å². The quantitative estimate of drug-likeness (QED) is 0.913. The van der Waals surface area contributed by atoms with Gasteiger partial charge in [0.1, 0.15) is 0 Å². The summed E-state index contributed by atoms with van der Waals surface area (Å²) in [6.07, 6.45) is 7.38. The van der Waals surface area contributed by atoms with Gasteiger partial charge in [-0.1, -0.05) is 36.6 Å². The molecule has 1 spiro atoms. The molecule has 0 bridgehead atoms. The maximum absolute atomic E-state index is 10.6.